The first-order chi connectivity index (χ1) is 12.5. The summed E-state index contributed by atoms with van der Waals surface area (Å²) in [5, 5.41) is 8.56. The van der Waals surface area contributed by atoms with Gasteiger partial charge in [0.05, 0.1) is 23.3 Å². The lowest BCUT2D eigenvalue weighted by Crippen LogP contribution is -2.49. The predicted molar refractivity (Wildman–Crippen MR) is 103 cm³/mol. The van der Waals surface area contributed by atoms with Crippen LogP contribution in [0.4, 0.5) is 0 Å². The molecule has 0 aromatic carbocycles. The summed E-state index contributed by atoms with van der Waals surface area (Å²) in [6.45, 7) is 4.50. The Morgan fingerprint density at radius 2 is 1.92 bits per heavy atom. The van der Waals surface area contributed by atoms with Crippen molar-refractivity contribution in [2.24, 2.45) is 0 Å². The summed E-state index contributed by atoms with van der Waals surface area (Å²) in [6, 6.07) is 2.08. The van der Waals surface area contributed by atoms with Crippen LogP contribution in [0.5, 0.6) is 0 Å². The van der Waals surface area contributed by atoms with Crippen LogP contribution in [0.25, 0.3) is 5.65 Å². The molecule has 0 radical (unpaired) electrons. The fourth-order valence-corrected chi connectivity index (χ4v) is 3.87. The van der Waals surface area contributed by atoms with Crippen LogP contribution in [0.15, 0.2) is 12.3 Å². The molecule has 1 saturated carbocycles. The number of amides is 1. The lowest BCUT2D eigenvalue weighted by atomic mass is 10.3. The van der Waals surface area contributed by atoms with Gasteiger partial charge >= 0.3 is 0 Å². The van der Waals surface area contributed by atoms with E-state index in [1.165, 1.54) is 0 Å². The average Bonchev–Trinajstić information content (AvgIpc) is 3.35. The van der Waals surface area contributed by atoms with Crippen molar-refractivity contribution in [2.45, 2.75) is 25.6 Å². The maximum Gasteiger partial charge on any atom is 0.234 e. The summed E-state index contributed by atoms with van der Waals surface area (Å²) >= 11 is 17.8. The molecule has 1 aliphatic heterocycles. The van der Waals surface area contributed by atoms with Crippen LogP contribution in [0.2, 0.25) is 10.0 Å². The lowest BCUT2D eigenvalue weighted by molar-refractivity contribution is -0.122. The van der Waals surface area contributed by atoms with Gasteiger partial charge in [-0.1, -0.05) is 23.2 Å². The molecule has 1 amide bonds. The van der Waals surface area contributed by atoms with Gasteiger partial charge in [0, 0.05) is 38.4 Å². The number of hydrogen-bond donors (Lipinski definition) is 1. The zero-order valence-corrected chi connectivity index (χ0v) is 16.5. The molecule has 1 N–H and O–H groups in total. The third-order valence-corrected chi connectivity index (χ3v) is 5.60. The Bertz CT molecular complexity index is 885. The van der Waals surface area contributed by atoms with E-state index < -0.39 is 0 Å². The van der Waals surface area contributed by atoms with Crippen LogP contribution < -0.4 is 5.32 Å². The molecule has 2 aromatic rings. The zero-order chi connectivity index (χ0) is 18.3. The van der Waals surface area contributed by atoms with E-state index in [-0.39, 0.29) is 5.91 Å². The van der Waals surface area contributed by atoms with Crippen molar-refractivity contribution in [1.29, 1.82) is 0 Å². The Hall–Kier alpha value is -1.19. The summed E-state index contributed by atoms with van der Waals surface area (Å²) in [4.78, 5) is 16.4. The van der Waals surface area contributed by atoms with Crippen LogP contribution in [-0.4, -0.2) is 68.7 Å². The minimum atomic E-state index is 0.134. The fraction of sp³-hybridized carbons (Fsp3) is 0.562. The molecular formula is C16H20Cl2N6OS. The molecule has 0 atom stereocenters. The van der Waals surface area contributed by atoms with E-state index in [4.69, 9.17) is 35.4 Å². The van der Waals surface area contributed by atoms with Crippen LogP contribution in [0, 0.1) is 4.77 Å². The number of hydrogen-bond acceptors (Lipinski definition) is 5. The van der Waals surface area contributed by atoms with Gasteiger partial charge < -0.3 is 5.32 Å². The number of nitrogens with one attached hydrogen (secondary N) is 1. The van der Waals surface area contributed by atoms with E-state index in [9.17, 15) is 4.79 Å². The molecule has 2 fully saturated rings. The summed E-state index contributed by atoms with van der Waals surface area (Å²) < 4.78 is 4.07. The number of carbonyl (C=O) groups excluding carboxylic acids is 1. The third-order valence-electron chi connectivity index (χ3n) is 4.71. The lowest BCUT2D eigenvalue weighted by Gasteiger charge is -2.33. The highest BCUT2D eigenvalue weighted by Gasteiger charge is 2.25. The van der Waals surface area contributed by atoms with Crippen molar-refractivity contribution in [3.8, 4) is 0 Å². The molecule has 10 heteroatoms. The van der Waals surface area contributed by atoms with E-state index in [1.807, 2.05) is 0 Å². The Morgan fingerprint density at radius 1 is 1.23 bits per heavy atom. The molecule has 0 bridgehead atoms. The van der Waals surface area contributed by atoms with E-state index in [0.717, 1.165) is 39.0 Å². The maximum atomic E-state index is 11.9. The van der Waals surface area contributed by atoms with Crippen molar-refractivity contribution in [3.05, 3.63) is 27.1 Å². The van der Waals surface area contributed by atoms with Gasteiger partial charge in [0.2, 0.25) is 10.7 Å². The van der Waals surface area contributed by atoms with E-state index >= 15 is 0 Å². The van der Waals surface area contributed by atoms with Gasteiger partial charge in [-0.2, -0.15) is 0 Å². The summed E-state index contributed by atoms with van der Waals surface area (Å²) in [7, 11) is 0. The van der Waals surface area contributed by atoms with E-state index in [1.54, 1.807) is 21.3 Å². The summed E-state index contributed by atoms with van der Waals surface area (Å²) in [5.41, 5.74) is 0.608. The summed E-state index contributed by atoms with van der Waals surface area (Å²) in [6.07, 6.45) is 3.97. The highest BCUT2D eigenvalue weighted by atomic mass is 35.5. The maximum absolute atomic E-state index is 11.9. The van der Waals surface area contributed by atoms with Crippen LogP contribution in [0.1, 0.15) is 12.8 Å². The highest BCUT2D eigenvalue weighted by Crippen LogP contribution is 2.21. The number of nitrogens with zero attached hydrogens (tertiary/aromatic N) is 5. The van der Waals surface area contributed by atoms with Crippen LogP contribution in [-0.2, 0) is 11.5 Å². The number of rotatable bonds is 5. The van der Waals surface area contributed by atoms with E-state index in [0.29, 0.717) is 39.7 Å². The zero-order valence-electron chi connectivity index (χ0n) is 14.2. The molecule has 2 aromatic heterocycles. The van der Waals surface area contributed by atoms with Crippen LogP contribution >= 0.6 is 35.4 Å². The predicted octanol–water partition coefficient (Wildman–Crippen LogP) is 2.03. The Kier molecular flexibility index (Phi) is 5.20. The SMILES string of the molecule is O=C(CN1CCN(Cn2nc3c(Cl)cc(Cl)cn3c2=S)CC1)NC1CC1. The Morgan fingerprint density at radius 3 is 2.62 bits per heavy atom. The largest absolute Gasteiger partial charge is 0.352 e. The minimum Gasteiger partial charge on any atom is -0.352 e. The third kappa shape index (κ3) is 4.04. The minimum absolute atomic E-state index is 0.134. The Balaban J connectivity index is 1.36. The number of pyridine rings is 1. The first-order valence-corrected chi connectivity index (χ1v) is 9.84. The average molecular weight is 415 g/mol. The topological polar surface area (TPSA) is 57.8 Å². The molecule has 0 unspecified atom stereocenters. The van der Waals surface area contributed by atoms with Gasteiger partial charge in [-0.15, -0.1) is 5.10 Å². The first-order valence-electron chi connectivity index (χ1n) is 8.68. The molecule has 140 valence electrons. The molecule has 7 nitrogen and oxygen atoms in total. The number of piperazine rings is 1. The van der Waals surface area contributed by atoms with Gasteiger partial charge in [0.1, 0.15) is 0 Å². The van der Waals surface area contributed by atoms with Crippen molar-refractivity contribution in [2.75, 3.05) is 32.7 Å². The molecule has 4 rings (SSSR count). The number of carbonyl (C=O) groups is 1. The normalized spacial score (nSPS) is 19.2. The monoisotopic (exact) mass is 414 g/mol. The quantitative estimate of drug-likeness (QED) is 0.758. The van der Waals surface area contributed by atoms with Gasteiger partial charge in [-0.25, -0.2) is 4.68 Å². The highest BCUT2D eigenvalue weighted by molar-refractivity contribution is 7.71. The van der Waals surface area contributed by atoms with Crippen LogP contribution in [0.3, 0.4) is 0 Å². The van der Waals surface area contributed by atoms with Gasteiger partial charge in [0.15, 0.2) is 5.65 Å². The smallest absolute Gasteiger partial charge is 0.234 e. The fourth-order valence-electron chi connectivity index (χ4n) is 3.12. The van der Waals surface area contributed by atoms with Gasteiger partial charge in [-0.3, -0.25) is 19.0 Å². The molecule has 1 saturated heterocycles. The molecule has 2 aliphatic rings. The molecule has 26 heavy (non-hydrogen) atoms. The number of fused-ring (bicyclic) bond motifs is 1. The molecular weight excluding hydrogens is 395 g/mol. The molecule has 0 spiro atoms. The standard InChI is InChI=1S/C16H20Cl2N6OS/c17-11-7-13(18)15-20-24(16(26)23(15)8-11)10-22-5-3-21(4-6-22)9-14(25)19-12-1-2-12/h7-8,12H,1-6,9-10H2,(H,19,25). The number of aromatic nitrogens is 3. The summed E-state index contributed by atoms with van der Waals surface area (Å²) in [5.74, 6) is 0.134. The molecule has 1 aliphatic carbocycles. The first kappa shape index (κ1) is 18.2. The van der Waals surface area contributed by atoms with E-state index in [2.05, 4.69) is 20.2 Å². The Labute approximate surface area is 166 Å². The second kappa shape index (κ2) is 7.44. The van der Waals surface area contributed by atoms with Crippen molar-refractivity contribution in [3.63, 3.8) is 0 Å². The van der Waals surface area contributed by atoms with Crippen molar-refractivity contribution >= 4 is 47.0 Å². The van der Waals surface area contributed by atoms with Gasteiger partial charge in [0.25, 0.3) is 0 Å². The van der Waals surface area contributed by atoms with Crippen molar-refractivity contribution in [1.82, 2.24) is 29.3 Å². The number of halogens is 2. The van der Waals surface area contributed by atoms with Gasteiger partial charge in [-0.05, 0) is 31.1 Å². The second-order valence-corrected chi connectivity index (χ2v) is 8.07. The van der Waals surface area contributed by atoms with Crippen molar-refractivity contribution < 1.29 is 4.79 Å². The molecule has 3 heterocycles. The second-order valence-electron chi connectivity index (χ2n) is 6.86.